The molecule has 13 heteroatoms. The number of carbonyl (C=O) groups excluding carboxylic acids is 2. The zero-order valence-electron chi connectivity index (χ0n) is 18.1. The molecule has 1 fully saturated rings. The maximum Gasteiger partial charge on any atom is 0.352 e. The molecule has 0 radical (unpaired) electrons. The Bertz CT molecular complexity index is 1240. The van der Waals surface area contributed by atoms with Gasteiger partial charge in [0.05, 0.1) is 17.0 Å². The average Bonchev–Trinajstić information content (AvgIpc) is 2.83. The number of amides is 2. The van der Waals surface area contributed by atoms with E-state index in [0.717, 1.165) is 0 Å². The van der Waals surface area contributed by atoms with Gasteiger partial charge in [0, 0.05) is 21.7 Å². The van der Waals surface area contributed by atoms with Crippen LogP contribution in [0.3, 0.4) is 0 Å². The van der Waals surface area contributed by atoms with Crippen LogP contribution in [0.4, 0.5) is 5.82 Å². The predicted molar refractivity (Wildman–Crippen MR) is 135 cm³/mol. The van der Waals surface area contributed by atoms with E-state index in [-0.39, 0.29) is 17.4 Å². The van der Waals surface area contributed by atoms with Gasteiger partial charge in [-0.15, -0.1) is 23.5 Å². The van der Waals surface area contributed by atoms with Crippen molar-refractivity contribution in [1.82, 2.24) is 15.2 Å². The van der Waals surface area contributed by atoms with Gasteiger partial charge in [-0.2, -0.15) is 0 Å². The summed E-state index contributed by atoms with van der Waals surface area (Å²) in [7, 11) is 0. The van der Waals surface area contributed by atoms with Gasteiger partial charge in [-0.05, 0) is 34.8 Å². The molecule has 4 rings (SSSR count). The van der Waals surface area contributed by atoms with Gasteiger partial charge in [0.1, 0.15) is 23.7 Å². The Morgan fingerprint density at radius 3 is 2.89 bits per heavy atom. The van der Waals surface area contributed by atoms with Crippen LogP contribution in [0, 0.1) is 0 Å². The van der Waals surface area contributed by atoms with Gasteiger partial charge >= 0.3 is 5.97 Å². The number of halogens is 2. The first-order valence-electron chi connectivity index (χ1n) is 10.3. The predicted octanol–water partition coefficient (Wildman–Crippen LogP) is 2.35. The molecule has 3 heterocycles. The molecule has 0 bridgehead atoms. The zero-order valence-corrected chi connectivity index (χ0v) is 21.2. The number of aliphatic carboxylic acids is 1. The fourth-order valence-electron chi connectivity index (χ4n) is 3.54. The van der Waals surface area contributed by atoms with Crippen molar-refractivity contribution in [3.63, 3.8) is 0 Å². The third kappa shape index (κ3) is 5.75. The molecule has 2 aliphatic heterocycles. The van der Waals surface area contributed by atoms with Gasteiger partial charge < -0.3 is 16.2 Å². The topological polar surface area (TPSA) is 130 Å². The van der Waals surface area contributed by atoms with Gasteiger partial charge in [0.25, 0.3) is 12.2 Å². The van der Waals surface area contributed by atoms with Gasteiger partial charge in [0.15, 0.2) is 0 Å². The number of β-lactam (4-membered cyclic amide) rings is 1. The van der Waals surface area contributed by atoms with E-state index in [1.165, 1.54) is 28.4 Å². The number of allylic oxidation sites excluding steroid dienone is 2. The quantitative estimate of drug-likeness (QED) is 0.258. The third-order valence-electron chi connectivity index (χ3n) is 5.20. The van der Waals surface area contributed by atoms with Crippen molar-refractivity contribution in [2.24, 2.45) is 0 Å². The molecule has 9 nitrogen and oxygen atoms in total. The summed E-state index contributed by atoms with van der Waals surface area (Å²) in [4.78, 5) is 43.1. The van der Waals surface area contributed by atoms with E-state index in [2.05, 4.69) is 10.3 Å². The number of carboxylic acid groups (broad SMARTS) is 1. The molecule has 1 aromatic heterocycles. The van der Waals surface area contributed by atoms with Crippen LogP contribution in [0.5, 0.6) is 0 Å². The normalized spacial score (nSPS) is 19.5. The number of carboxylic acids is 1. The second-order valence-electron chi connectivity index (χ2n) is 7.58. The standard InChI is InChI=1S/C22H19Cl2N5O4S2/c23-13-3-4-14(24)15(8-13)34-10-17(30)27-18-20(31)29-19(22(32)33)12(9-35-21(18)29)2-1-6-28-7-5-16(25)26-11-28/h1-5,7-8,11,18,21,25H,6,9-10H2,(H2,27,30,32,33)/p+1/t18-,21-/m1/s1. The Hall–Kier alpha value is -2.73. The molecule has 0 unspecified atom stereocenters. The molecule has 182 valence electrons. The van der Waals surface area contributed by atoms with Crippen LogP contribution in [-0.4, -0.2) is 55.7 Å². The lowest BCUT2D eigenvalue weighted by Crippen LogP contribution is -2.70. The second-order valence-corrected chi connectivity index (χ2v) is 10.5. The Morgan fingerprint density at radius 2 is 2.17 bits per heavy atom. The molecular weight excluding hydrogens is 533 g/mol. The Morgan fingerprint density at radius 1 is 1.37 bits per heavy atom. The molecule has 1 saturated heterocycles. The minimum absolute atomic E-state index is 0.0362. The molecule has 0 aliphatic carbocycles. The van der Waals surface area contributed by atoms with Gasteiger partial charge in [-0.25, -0.2) is 9.36 Å². The van der Waals surface area contributed by atoms with Crippen LogP contribution in [0.2, 0.25) is 10.0 Å². The van der Waals surface area contributed by atoms with Crippen molar-refractivity contribution in [2.45, 2.75) is 22.9 Å². The number of aromatic nitrogens is 2. The first-order chi connectivity index (χ1) is 16.7. The first kappa shape index (κ1) is 25.4. The van der Waals surface area contributed by atoms with Gasteiger partial charge in [-0.3, -0.25) is 14.5 Å². The Balaban J connectivity index is 1.39. The lowest BCUT2D eigenvalue weighted by atomic mass is 10.0. The molecule has 2 amide bonds. The number of nitrogen functional groups attached to an aromatic ring is 1. The number of thioether (sulfide) groups is 2. The van der Waals surface area contributed by atoms with Crippen molar-refractivity contribution in [2.75, 3.05) is 17.2 Å². The SMILES string of the molecule is Nc1cc[n+](CC=CC2=C(C(=O)O)N3C(=O)[C@@H](NC(=O)CSc4cc(Cl)ccc4Cl)[C@H]3SC2)cn1. The highest BCUT2D eigenvalue weighted by molar-refractivity contribution is 8.00. The highest BCUT2D eigenvalue weighted by Crippen LogP contribution is 2.40. The second kappa shape index (κ2) is 10.9. The number of rotatable bonds is 8. The van der Waals surface area contributed by atoms with E-state index < -0.39 is 23.3 Å². The summed E-state index contributed by atoms with van der Waals surface area (Å²) in [5.41, 5.74) is 6.03. The number of benzene rings is 1. The molecule has 0 saturated carbocycles. The lowest BCUT2D eigenvalue weighted by molar-refractivity contribution is -0.689. The van der Waals surface area contributed by atoms with E-state index in [0.29, 0.717) is 38.6 Å². The minimum Gasteiger partial charge on any atom is -0.477 e. The highest BCUT2D eigenvalue weighted by Gasteiger charge is 2.53. The van der Waals surface area contributed by atoms with Crippen LogP contribution >= 0.6 is 46.7 Å². The van der Waals surface area contributed by atoms with Crippen molar-refractivity contribution in [3.05, 3.63) is 70.3 Å². The van der Waals surface area contributed by atoms with Crippen LogP contribution in [0.15, 0.2) is 65.1 Å². The highest BCUT2D eigenvalue weighted by atomic mass is 35.5. The summed E-state index contributed by atoms with van der Waals surface area (Å²) in [6.45, 7) is 0.457. The lowest BCUT2D eigenvalue weighted by Gasteiger charge is -2.49. The van der Waals surface area contributed by atoms with E-state index in [1.54, 1.807) is 53.5 Å². The third-order valence-corrected chi connectivity index (χ3v) is 8.23. The van der Waals surface area contributed by atoms with Crippen molar-refractivity contribution in [1.29, 1.82) is 0 Å². The number of nitrogens with one attached hydrogen (secondary N) is 1. The molecule has 2 aliphatic rings. The molecule has 0 spiro atoms. The molecule has 4 N–H and O–H groups in total. The van der Waals surface area contributed by atoms with Crippen molar-refractivity contribution < 1.29 is 24.1 Å². The van der Waals surface area contributed by atoms with Crippen molar-refractivity contribution >= 4 is 70.3 Å². The fourth-order valence-corrected chi connectivity index (χ4v) is 6.16. The molecule has 2 atom stereocenters. The van der Waals surface area contributed by atoms with Crippen LogP contribution in [-0.2, 0) is 20.9 Å². The maximum atomic E-state index is 12.8. The minimum atomic E-state index is -1.19. The first-order valence-corrected chi connectivity index (χ1v) is 13.1. The summed E-state index contributed by atoms with van der Waals surface area (Å²) in [6, 6.07) is 5.83. The Labute approximate surface area is 219 Å². The molecule has 1 aromatic carbocycles. The zero-order chi connectivity index (χ0) is 25.1. The average molecular weight is 553 g/mol. The monoisotopic (exact) mass is 552 g/mol. The van der Waals surface area contributed by atoms with Crippen LogP contribution < -0.4 is 15.6 Å². The summed E-state index contributed by atoms with van der Waals surface area (Å²) < 4.78 is 1.78. The largest absolute Gasteiger partial charge is 0.477 e. The van der Waals surface area contributed by atoms with Crippen LogP contribution in [0.25, 0.3) is 0 Å². The maximum absolute atomic E-state index is 12.8. The van der Waals surface area contributed by atoms with E-state index in [4.69, 9.17) is 28.9 Å². The number of nitrogens with zero attached hydrogens (tertiary/aromatic N) is 3. The number of carbonyl (C=O) groups is 3. The van der Waals surface area contributed by atoms with E-state index in [1.807, 2.05) is 0 Å². The molecular formula is C22H20Cl2N5O4S2+. The number of hydrogen-bond donors (Lipinski definition) is 3. The number of anilines is 1. The fraction of sp³-hybridized carbons (Fsp3) is 0.227. The molecule has 35 heavy (non-hydrogen) atoms. The number of nitrogens with two attached hydrogens (primary N) is 1. The number of hydrogen-bond acceptors (Lipinski definition) is 7. The number of fused-ring (bicyclic) bond motifs is 1. The van der Waals surface area contributed by atoms with Crippen molar-refractivity contribution in [3.8, 4) is 0 Å². The van der Waals surface area contributed by atoms with Gasteiger partial charge in [-0.1, -0.05) is 29.3 Å². The van der Waals surface area contributed by atoms with E-state index in [9.17, 15) is 19.5 Å². The van der Waals surface area contributed by atoms with E-state index >= 15 is 0 Å². The van der Waals surface area contributed by atoms with Gasteiger partial charge in [0.2, 0.25) is 11.7 Å². The summed E-state index contributed by atoms with van der Waals surface area (Å²) >= 11 is 14.7. The Kier molecular flexibility index (Phi) is 7.90. The molecule has 2 aromatic rings. The van der Waals surface area contributed by atoms with Crippen LogP contribution in [0.1, 0.15) is 0 Å². The summed E-state index contributed by atoms with van der Waals surface area (Å²) in [5, 5.41) is 13.0. The summed E-state index contributed by atoms with van der Waals surface area (Å²) in [5.74, 6) is -1.18. The summed E-state index contributed by atoms with van der Waals surface area (Å²) in [6.07, 6.45) is 6.82. The smallest absolute Gasteiger partial charge is 0.352 e.